The van der Waals surface area contributed by atoms with E-state index in [1.165, 1.54) is 10.9 Å². The summed E-state index contributed by atoms with van der Waals surface area (Å²) >= 11 is 0. The van der Waals surface area contributed by atoms with Crippen molar-refractivity contribution >= 4 is 10.9 Å². The van der Waals surface area contributed by atoms with E-state index < -0.39 is 0 Å². The normalized spacial score (nSPS) is 9.20. The molecule has 0 saturated heterocycles. The van der Waals surface area contributed by atoms with Crippen LogP contribution in [0.1, 0.15) is 0 Å². The first-order valence-corrected chi connectivity index (χ1v) is 2.99. The molecule has 0 aliphatic rings. The van der Waals surface area contributed by atoms with E-state index in [4.69, 9.17) is 0 Å². The van der Waals surface area contributed by atoms with Gasteiger partial charge in [0.25, 0.3) is 0 Å². The second-order valence-electron chi connectivity index (χ2n) is 2.06. The summed E-state index contributed by atoms with van der Waals surface area (Å²) < 4.78 is 0. The maximum atomic E-state index is 3.12. The van der Waals surface area contributed by atoms with Gasteiger partial charge < -0.3 is 4.98 Å². The van der Waals surface area contributed by atoms with Crippen LogP contribution in [-0.2, 0) is 16.5 Å². The van der Waals surface area contributed by atoms with Gasteiger partial charge in [0.1, 0.15) is 0 Å². The third-order valence-electron chi connectivity index (χ3n) is 1.46. The molecule has 10 heavy (non-hydrogen) atoms. The van der Waals surface area contributed by atoms with Crippen LogP contribution in [0.25, 0.3) is 10.9 Å². The molecule has 2 aromatic rings. The first-order chi connectivity index (χ1) is 4.47. The molecule has 0 saturated carbocycles. The Balaban J connectivity index is 0.000000500. The predicted octanol–water partition coefficient (Wildman–Crippen LogP) is 2.17. The molecular formula is C8H7NNi. The molecule has 0 bridgehead atoms. The minimum Gasteiger partial charge on any atom is -0.361 e. The maximum absolute atomic E-state index is 3.12. The van der Waals surface area contributed by atoms with Gasteiger partial charge in [-0.25, -0.2) is 0 Å². The summed E-state index contributed by atoms with van der Waals surface area (Å²) in [5.74, 6) is 0. The molecule has 0 spiro atoms. The Hall–Kier alpha value is -0.746. The number of hydrogen-bond acceptors (Lipinski definition) is 0. The van der Waals surface area contributed by atoms with Crippen LogP contribution in [0.4, 0.5) is 0 Å². The Kier molecular flexibility index (Phi) is 2.13. The Morgan fingerprint density at radius 1 is 1.00 bits per heavy atom. The first-order valence-electron chi connectivity index (χ1n) is 2.99. The van der Waals surface area contributed by atoms with Crippen molar-refractivity contribution in [3.8, 4) is 0 Å². The van der Waals surface area contributed by atoms with Crippen LogP contribution in [0.15, 0.2) is 36.5 Å². The number of nitrogens with one attached hydrogen (secondary N) is 1. The summed E-state index contributed by atoms with van der Waals surface area (Å²) in [7, 11) is 0. The van der Waals surface area contributed by atoms with Gasteiger partial charge in [-0.2, -0.15) is 0 Å². The third kappa shape index (κ3) is 1.07. The van der Waals surface area contributed by atoms with Crippen LogP contribution in [0.5, 0.6) is 0 Å². The molecule has 1 aromatic carbocycles. The van der Waals surface area contributed by atoms with Gasteiger partial charge >= 0.3 is 0 Å². The number of aromatic amines is 1. The topological polar surface area (TPSA) is 15.8 Å². The fourth-order valence-corrected chi connectivity index (χ4v) is 0.995. The zero-order valence-electron chi connectivity index (χ0n) is 5.28. The molecule has 0 radical (unpaired) electrons. The van der Waals surface area contributed by atoms with Crippen molar-refractivity contribution in [1.82, 2.24) is 4.98 Å². The summed E-state index contributed by atoms with van der Waals surface area (Å²) in [6.45, 7) is 0. The number of aromatic nitrogens is 1. The summed E-state index contributed by atoms with van der Waals surface area (Å²) in [6, 6.07) is 10.3. The first kappa shape index (κ1) is 7.36. The summed E-state index contributed by atoms with van der Waals surface area (Å²) in [5, 5.41) is 1.28. The van der Waals surface area contributed by atoms with Gasteiger partial charge in [0.05, 0.1) is 0 Å². The van der Waals surface area contributed by atoms with Gasteiger partial charge in [0.15, 0.2) is 0 Å². The fourth-order valence-electron chi connectivity index (χ4n) is 0.995. The van der Waals surface area contributed by atoms with Crippen molar-refractivity contribution in [3.05, 3.63) is 36.5 Å². The SMILES string of the molecule is [Ni].c1ccc2[nH]ccc2c1. The molecule has 1 heterocycles. The van der Waals surface area contributed by atoms with E-state index in [2.05, 4.69) is 23.2 Å². The summed E-state index contributed by atoms with van der Waals surface area (Å²) in [5.41, 5.74) is 1.21. The average molecular weight is 176 g/mol. The Morgan fingerprint density at radius 3 is 2.60 bits per heavy atom. The third-order valence-corrected chi connectivity index (χ3v) is 1.46. The van der Waals surface area contributed by atoms with E-state index in [1.54, 1.807) is 0 Å². The van der Waals surface area contributed by atoms with Crippen molar-refractivity contribution in [1.29, 1.82) is 0 Å². The molecule has 0 unspecified atom stereocenters. The van der Waals surface area contributed by atoms with Crippen molar-refractivity contribution in [3.63, 3.8) is 0 Å². The van der Waals surface area contributed by atoms with Crippen molar-refractivity contribution in [2.24, 2.45) is 0 Å². The smallest absolute Gasteiger partial charge is 0.0453 e. The zero-order chi connectivity index (χ0) is 6.10. The Bertz CT molecular complexity index is 283. The number of rotatable bonds is 0. The molecule has 1 aromatic heterocycles. The van der Waals surface area contributed by atoms with Crippen LogP contribution >= 0.6 is 0 Å². The molecule has 0 atom stereocenters. The van der Waals surface area contributed by atoms with Crippen LogP contribution in [0.3, 0.4) is 0 Å². The second-order valence-corrected chi connectivity index (χ2v) is 2.06. The number of hydrogen-bond donors (Lipinski definition) is 1. The fraction of sp³-hybridized carbons (Fsp3) is 0. The van der Waals surface area contributed by atoms with Crippen molar-refractivity contribution in [2.45, 2.75) is 0 Å². The van der Waals surface area contributed by atoms with Gasteiger partial charge in [-0.1, -0.05) is 18.2 Å². The molecule has 2 rings (SSSR count). The molecule has 0 aliphatic carbocycles. The largest absolute Gasteiger partial charge is 0.361 e. The average Bonchev–Trinajstić information content (AvgIpc) is 2.33. The maximum Gasteiger partial charge on any atom is 0.0453 e. The number of fused-ring (bicyclic) bond motifs is 1. The number of H-pyrrole nitrogens is 1. The van der Waals surface area contributed by atoms with E-state index in [0.717, 1.165) is 0 Å². The monoisotopic (exact) mass is 175 g/mol. The van der Waals surface area contributed by atoms with Gasteiger partial charge in [-0.3, -0.25) is 0 Å². The number of para-hydroxylation sites is 1. The predicted molar refractivity (Wildman–Crippen MR) is 38.3 cm³/mol. The minimum absolute atomic E-state index is 0. The van der Waals surface area contributed by atoms with Gasteiger partial charge in [-0.15, -0.1) is 0 Å². The van der Waals surface area contributed by atoms with E-state index in [1.807, 2.05) is 18.3 Å². The van der Waals surface area contributed by atoms with Gasteiger partial charge in [-0.05, 0) is 17.5 Å². The minimum atomic E-state index is 0. The van der Waals surface area contributed by atoms with Crippen LogP contribution in [-0.4, -0.2) is 4.98 Å². The van der Waals surface area contributed by atoms with Crippen LogP contribution in [0, 0.1) is 0 Å². The van der Waals surface area contributed by atoms with E-state index >= 15 is 0 Å². The van der Waals surface area contributed by atoms with Crippen LogP contribution < -0.4 is 0 Å². The Morgan fingerprint density at radius 2 is 1.80 bits per heavy atom. The van der Waals surface area contributed by atoms with Crippen LogP contribution in [0.2, 0.25) is 0 Å². The Labute approximate surface area is 69.4 Å². The molecular weight excluding hydrogens is 169 g/mol. The molecule has 1 N–H and O–H groups in total. The van der Waals surface area contributed by atoms with E-state index in [0.29, 0.717) is 0 Å². The van der Waals surface area contributed by atoms with Gasteiger partial charge in [0.2, 0.25) is 0 Å². The molecule has 0 aliphatic heterocycles. The standard InChI is InChI=1S/C8H7N.Ni/c1-2-4-8-7(3-1)5-6-9-8;/h1-6,9H;. The number of benzene rings is 1. The molecule has 2 heteroatoms. The summed E-state index contributed by atoms with van der Waals surface area (Å²) in [6.07, 6.45) is 1.95. The molecule has 1 nitrogen and oxygen atoms in total. The van der Waals surface area contributed by atoms with E-state index in [-0.39, 0.29) is 16.5 Å². The zero-order valence-corrected chi connectivity index (χ0v) is 6.27. The van der Waals surface area contributed by atoms with E-state index in [9.17, 15) is 0 Å². The van der Waals surface area contributed by atoms with Gasteiger partial charge in [0, 0.05) is 28.2 Å². The summed E-state index contributed by atoms with van der Waals surface area (Å²) in [4.78, 5) is 3.12. The van der Waals surface area contributed by atoms with Crippen molar-refractivity contribution in [2.75, 3.05) is 0 Å². The molecule has 54 valence electrons. The second kappa shape index (κ2) is 2.89. The quantitative estimate of drug-likeness (QED) is 0.591. The molecule has 0 fully saturated rings. The van der Waals surface area contributed by atoms with Crippen molar-refractivity contribution < 1.29 is 16.5 Å². The molecule has 0 amide bonds.